The van der Waals surface area contributed by atoms with E-state index in [1.807, 2.05) is 0 Å². The van der Waals surface area contributed by atoms with Crippen LogP contribution in [0.1, 0.15) is 26.7 Å². The van der Waals surface area contributed by atoms with Crippen LogP contribution in [0.5, 0.6) is 0 Å². The van der Waals surface area contributed by atoms with Crippen molar-refractivity contribution in [1.29, 1.82) is 0 Å². The number of rotatable bonds is 8. The van der Waals surface area contributed by atoms with Gasteiger partial charge in [-0.2, -0.15) is 0 Å². The number of nitrogens with two attached hydrogens (primary N) is 1. The maximum atomic E-state index is 12.9. The molecular weight excluding hydrogens is 394 g/mol. The van der Waals surface area contributed by atoms with Crippen molar-refractivity contribution in [3.05, 3.63) is 24.3 Å². The summed E-state index contributed by atoms with van der Waals surface area (Å²) in [6.45, 7) is 3.28. The molecule has 0 saturated heterocycles. The van der Waals surface area contributed by atoms with Crippen LogP contribution in [0.3, 0.4) is 0 Å². The number of urea groups is 1. The Morgan fingerprint density at radius 1 is 1.23 bits per heavy atom. The number of amides is 5. The first-order chi connectivity index (χ1) is 14.1. The number of primary amides is 1. The molecule has 6 N–H and O–H groups in total. The molecule has 3 unspecified atom stereocenters. The highest BCUT2D eigenvalue weighted by molar-refractivity contribution is 6.10. The molecule has 0 aliphatic carbocycles. The molecule has 3 atom stereocenters. The predicted octanol–water partition coefficient (Wildman–Crippen LogP) is 0.0142. The monoisotopic (exact) mass is 419 g/mol. The van der Waals surface area contributed by atoms with Gasteiger partial charge in [0.1, 0.15) is 18.6 Å². The number of nitrogens with zero attached hydrogens (tertiary/aromatic N) is 1. The van der Waals surface area contributed by atoms with Crippen molar-refractivity contribution in [3.63, 3.8) is 0 Å². The quantitative estimate of drug-likeness (QED) is 0.397. The third-order valence-electron chi connectivity index (χ3n) is 4.81. The standard InChI is InChI=1S/C19H25N5O6/c1-3-10(2)16(17(27)22-12(18(28)29)8-14(20)25)23-19(30)24-9-15(26)21-11-6-4-5-7-13(11)24/h4-7,10,12,16H,3,8-9H2,1-2H3,(H2,20,25)(H,21,26)(H,22,27)(H,23,30)(H,28,29). The van der Waals surface area contributed by atoms with Crippen molar-refractivity contribution in [2.45, 2.75) is 38.8 Å². The van der Waals surface area contributed by atoms with Crippen LogP contribution in [0.15, 0.2) is 24.3 Å². The van der Waals surface area contributed by atoms with Crippen LogP contribution in [0, 0.1) is 5.92 Å². The fourth-order valence-electron chi connectivity index (χ4n) is 2.99. The van der Waals surface area contributed by atoms with Crippen LogP contribution in [0.4, 0.5) is 16.2 Å². The van der Waals surface area contributed by atoms with E-state index in [0.29, 0.717) is 17.8 Å². The van der Waals surface area contributed by atoms with Crippen LogP contribution in [0.2, 0.25) is 0 Å². The number of carboxylic acid groups (broad SMARTS) is 1. The van der Waals surface area contributed by atoms with Crippen LogP contribution >= 0.6 is 0 Å². The van der Waals surface area contributed by atoms with E-state index < -0.39 is 42.3 Å². The van der Waals surface area contributed by atoms with Crippen molar-refractivity contribution in [1.82, 2.24) is 10.6 Å². The molecule has 30 heavy (non-hydrogen) atoms. The van der Waals surface area contributed by atoms with E-state index in [1.54, 1.807) is 38.1 Å². The fraction of sp³-hybridized carbons (Fsp3) is 0.421. The second-order valence-corrected chi connectivity index (χ2v) is 7.03. The Morgan fingerprint density at radius 3 is 2.50 bits per heavy atom. The lowest BCUT2D eigenvalue weighted by atomic mass is 9.98. The van der Waals surface area contributed by atoms with Crippen molar-refractivity contribution in [3.8, 4) is 0 Å². The lowest BCUT2D eigenvalue weighted by molar-refractivity contribution is -0.143. The summed E-state index contributed by atoms with van der Waals surface area (Å²) in [5.74, 6) is -3.81. The summed E-state index contributed by atoms with van der Waals surface area (Å²) in [4.78, 5) is 61.2. The number of carboxylic acids is 1. The fourth-order valence-corrected chi connectivity index (χ4v) is 2.99. The number of hydrogen-bond acceptors (Lipinski definition) is 5. The Labute approximate surface area is 173 Å². The average molecular weight is 419 g/mol. The highest BCUT2D eigenvalue weighted by Crippen LogP contribution is 2.29. The zero-order chi connectivity index (χ0) is 22.4. The third-order valence-corrected chi connectivity index (χ3v) is 4.81. The Morgan fingerprint density at radius 2 is 1.90 bits per heavy atom. The van der Waals surface area contributed by atoms with Crippen molar-refractivity contribution in [2.24, 2.45) is 11.7 Å². The summed E-state index contributed by atoms with van der Waals surface area (Å²) in [6, 6.07) is 3.43. The first-order valence-corrected chi connectivity index (χ1v) is 9.42. The van der Waals surface area contributed by atoms with E-state index in [1.165, 1.54) is 4.90 Å². The van der Waals surface area contributed by atoms with Gasteiger partial charge in [-0.3, -0.25) is 19.3 Å². The second kappa shape index (κ2) is 9.72. The molecule has 11 heteroatoms. The minimum absolute atomic E-state index is 0.239. The molecule has 0 bridgehead atoms. The van der Waals surface area contributed by atoms with Gasteiger partial charge in [0.05, 0.1) is 17.8 Å². The number of benzene rings is 1. The summed E-state index contributed by atoms with van der Waals surface area (Å²) in [5.41, 5.74) is 5.96. The molecule has 1 aliphatic rings. The van der Waals surface area contributed by atoms with Gasteiger partial charge in [0.25, 0.3) is 0 Å². The van der Waals surface area contributed by atoms with Gasteiger partial charge in [-0.15, -0.1) is 0 Å². The Kier molecular flexibility index (Phi) is 7.34. The molecule has 0 spiro atoms. The summed E-state index contributed by atoms with van der Waals surface area (Å²) in [7, 11) is 0. The van der Waals surface area contributed by atoms with Crippen LogP contribution in [0.25, 0.3) is 0 Å². The van der Waals surface area contributed by atoms with E-state index in [9.17, 15) is 29.1 Å². The van der Waals surface area contributed by atoms with Crippen molar-refractivity contribution >= 4 is 41.1 Å². The summed E-state index contributed by atoms with van der Waals surface area (Å²) in [5, 5.41) is 16.7. The van der Waals surface area contributed by atoms with E-state index >= 15 is 0 Å². The highest BCUT2D eigenvalue weighted by atomic mass is 16.4. The summed E-state index contributed by atoms with van der Waals surface area (Å²) >= 11 is 0. The van der Waals surface area contributed by atoms with Gasteiger partial charge in [0, 0.05) is 0 Å². The number of carbonyl (C=O) groups excluding carboxylic acids is 4. The highest BCUT2D eigenvalue weighted by Gasteiger charge is 2.33. The van der Waals surface area contributed by atoms with Crippen LogP contribution < -0.4 is 26.6 Å². The minimum atomic E-state index is -1.51. The van der Waals surface area contributed by atoms with Gasteiger partial charge in [-0.25, -0.2) is 9.59 Å². The first kappa shape index (κ1) is 22.7. The third kappa shape index (κ3) is 5.46. The largest absolute Gasteiger partial charge is 0.480 e. The van der Waals surface area contributed by atoms with Gasteiger partial charge in [0.2, 0.25) is 17.7 Å². The number of anilines is 2. The number of hydrogen-bond donors (Lipinski definition) is 5. The first-order valence-electron chi connectivity index (χ1n) is 9.42. The van der Waals surface area contributed by atoms with Gasteiger partial charge < -0.3 is 26.8 Å². The van der Waals surface area contributed by atoms with Crippen LogP contribution in [-0.4, -0.2) is 53.5 Å². The Hall–Kier alpha value is -3.63. The molecule has 0 aromatic heterocycles. The van der Waals surface area contributed by atoms with Crippen molar-refractivity contribution in [2.75, 3.05) is 16.8 Å². The molecule has 1 aromatic rings. The summed E-state index contributed by atoms with van der Waals surface area (Å²) < 4.78 is 0. The molecule has 1 aromatic carbocycles. The van der Waals surface area contributed by atoms with E-state index in [4.69, 9.17) is 5.73 Å². The van der Waals surface area contributed by atoms with Crippen molar-refractivity contribution < 1.29 is 29.1 Å². The van der Waals surface area contributed by atoms with E-state index in [-0.39, 0.29) is 18.4 Å². The second-order valence-electron chi connectivity index (χ2n) is 7.03. The number of carbonyl (C=O) groups is 5. The smallest absolute Gasteiger partial charge is 0.326 e. The van der Waals surface area contributed by atoms with Gasteiger partial charge >= 0.3 is 12.0 Å². The molecule has 1 heterocycles. The molecule has 0 fully saturated rings. The normalized spacial score (nSPS) is 15.8. The van der Waals surface area contributed by atoms with E-state index in [2.05, 4.69) is 16.0 Å². The molecule has 2 rings (SSSR count). The number of fused-ring (bicyclic) bond motifs is 1. The van der Waals surface area contributed by atoms with Gasteiger partial charge in [-0.05, 0) is 18.1 Å². The molecular formula is C19H25N5O6. The topological polar surface area (TPSA) is 171 Å². The summed E-state index contributed by atoms with van der Waals surface area (Å²) in [6.07, 6.45) is -0.0785. The molecule has 5 amide bonds. The lowest BCUT2D eigenvalue weighted by Gasteiger charge is -2.32. The maximum absolute atomic E-state index is 12.9. The number of nitrogens with one attached hydrogen (secondary N) is 3. The number of aliphatic carboxylic acids is 1. The average Bonchev–Trinajstić information content (AvgIpc) is 2.69. The van der Waals surface area contributed by atoms with Gasteiger partial charge in [-0.1, -0.05) is 32.4 Å². The molecule has 11 nitrogen and oxygen atoms in total. The Bertz CT molecular complexity index is 858. The Balaban J connectivity index is 2.21. The lowest BCUT2D eigenvalue weighted by Crippen LogP contribution is -2.58. The maximum Gasteiger partial charge on any atom is 0.326 e. The molecule has 0 radical (unpaired) electrons. The molecule has 162 valence electrons. The number of para-hydroxylation sites is 2. The zero-order valence-corrected chi connectivity index (χ0v) is 16.7. The predicted molar refractivity (Wildman–Crippen MR) is 108 cm³/mol. The van der Waals surface area contributed by atoms with Crippen LogP contribution in [-0.2, 0) is 19.2 Å². The van der Waals surface area contributed by atoms with Gasteiger partial charge in [0.15, 0.2) is 0 Å². The van der Waals surface area contributed by atoms with E-state index in [0.717, 1.165) is 0 Å². The minimum Gasteiger partial charge on any atom is -0.480 e. The molecule has 0 saturated carbocycles. The zero-order valence-electron chi connectivity index (χ0n) is 16.7. The molecule has 1 aliphatic heterocycles. The SMILES string of the molecule is CCC(C)C(NC(=O)N1CC(=O)Nc2ccccc21)C(=O)NC(CC(N)=O)C(=O)O.